The minimum Gasteiger partial charge on any atom is -0.423 e. The fourth-order valence-electron chi connectivity index (χ4n) is 2.43. The second-order valence-corrected chi connectivity index (χ2v) is 4.77. The molecule has 0 atom stereocenters. The summed E-state index contributed by atoms with van der Waals surface area (Å²) in [7, 11) is -2.97. The van der Waals surface area contributed by atoms with Gasteiger partial charge in [0, 0.05) is 0 Å². The molecule has 4 N–H and O–H groups in total. The molecule has 0 saturated carbocycles. The predicted octanol–water partition coefficient (Wildman–Crippen LogP) is -0.647. The monoisotopic (exact) mass is 266 g/mol. The zero-order valence-corrected chi connectivity index (χ0v) is 10.6. The van der Waals surface area contributed by atoms with E-state index in [4.69, 9.17) is 0 Å². The van der Waals surface area contributed by atoms with Crippen molar-refractivity contribution in [3.05, 3.63) is 48.5 Å². The van der Waals surface area contributed by atoms with E-state index in [9.17, 15) is 20.1 Å². The lowest BCUT2D eigenvalue weighted by Crippen LogP contribution is -2.29. The van der Waals surface area contributed by atoms with Gasteiger partial charge in [0.25, 0.3) is 0 Å². The number of benzene rings is 3. The van der Waals surface area contributed by atoms with Crippen molar-refractivity contribution >= 4 is 46.7 Å². The smallest absolute Gasteiger partial charge is 0.423 e. The largest absolute Gasteiger partial charge is 0.488 e. The lowest BCUT2D eigenvalue weighted by Gasteiger charge is -2.08. The molecule has 0 fully saturated rings. The van der Waals surface area contributed by atoms with Crippen LogP contribution in [0.25, 0.3) is 21.5 Å². The van der Waals surface area contributed by atoms with Crippen LogP contribution in [0.5, 0.6) is 0 Å². The third kappa shape index (κ3) is 2.19. The van der Waals surface area contributed by atoms with Crippen LogP contribution in [0, 0.1) is 0 Å². The molecule has 3 aromatic rings. The summed E-state index contributed by atoms with van der Waals surface area (Å²) >= 11 is 0. The second-order valence-electron chi connectivity index (χ2n) is 4.77. The Kier molecular flexibility index (Phi) is 3.23. The van der Waals surface area contributed by atoms with Gasteiger partial charge >= 0.3 is 14.2 Å². The van der Waals surface area contributed by atoms with E-state index in [-0.39, 0.29) is 0 Å². The van der Waals surface area contributed by atoms with Gasteiger partial charge in [0.1, 0.15) is 0 Å². The molecule has 0 heterocycles. The second kappa shape index (κ2) is 4.92. The van der Waals surface area contributed by atoms with Crippen molar-refractivity contribution < 1.29 is 20.1 Å². The van der Waals surface area contributed by atoms with Crippen molar-refractivity contribution in [2.75, 3.05) is 0 Å². The predicted molar refractivity (Wildman–Crippen MR) is 81.1 cm³/mol. The van der Waals surface area contributed by atoms with Gasteiger partial charge in [-0.3, -0.25) is 0 Å². The maximum atomic E-state index is 9.19. The van der Waals surface area contributed by atoms with Crippen LogP contribution in [0.2, 0.25) is 0 Å². The molecule has 0 amide bonds. The van der Waals surface area contributed by atoms with Gasteiger partial charge < -0.3 is 20.1 Å². The summed E-state index contributed by atoms with van der Waals surface area (Å²) in [5.74, 6) is 0. The molecular formula is C14H12B2O4. The maximum Gasteiger partial charge on any atom is 0.488 e. The molecule has 3 rings (SSSR count). The molecule has 0 saturated heterocycles. The average Bonchev–Trinajstić information content (AvgIpc) is 2.45. The third-order valence-electron chi connectivity index (χ3n) is 3.48. The van der Waals surface area contributed by atoms with Crippen LogP contribution in [-0.2, 0) is 0 Å². The van der Waals surface area contributed by atoms with E-state index in [1.807, 2.05) is 24.3 Å². The van der Waals surface area contributed by atoms with Crippen LogP contribution >= 0.6 is 0 Å². The molecule has 0 aliphatic heterocycles. The number of hydrogen-bond donors (Lipinski definition) is 4. The summed E-state index contributed by atoms with van der Waals surface area (Å²) in [4.78, 5) is 0. The Morgan fingerprint density at radius 2 is 0.950 bits per heavy atom. The van der Waals surface area contributed by atoms with Crippen molar-refractivity contribution in [2.45, 2.75) is 0 Å². The Morgan fingerprint density at radius 1 is 0.550 bits per heavy atom. The maximum absolute atomic E-state index is 9.19. The van der Waals surface area contributed by atoms with E-state index in [1.165, 1.54) is 0 Å². The van der Waals surface area contributed by atoms with Gasteiger partial charge in [-0.1, -0.05) is 48.5 Å². The van der Waals surface area contributed by atoms with Gasteiger partial charge in [-0.15, -0.1) is 0 Å². The molecule has 0 radical (unpaired) electrons. The van der Waals surface area contributed by atoms with Crippen molar-refractivity contribution in [3.63, 3.8) is 0 Å². The quantitative estimate of drug-likeness (QED) is 0.367. The molecule has 0 unspecified atom stereocenters. The standard InChI is InChI=1S/C14H12B2O4/c17-15(18)11-3-5-13-9(7-11)1-2-10-8-12(16(19)20)4-6-14(10)13/h1-8,17-20H. The molecule has 0 aromatic heterocycles. The Balaban J connectivity index is 2.25. The van der Waals surface area contributed by atoms with Crippen molar-refractivity contribution in [1.82, 2.24) is 0 Å². The van der Waals surface area contributed by atoms with Crippen LogP contribution in [0.4, 0.5) is 0 Å². The minimum absolute atomic E-state index is 0.444. The summed E-state index contributed by atoms with van der Waals surface area (Å²) in [6.07, 6.45) is 0. The lowest BCUT2D eigenvalue weighted by atomic mass is 9.78. The first kappa shape index (κ1) is 13.1. The van der Waals surface area contributed by atoms with Gasteiger partial charge in [0.2, 0.25) is 0 Å². The highest BCUT2D eigenvalue weighted by atomic mass is 16.4. The van der Waals surface area contributed by atoms with Crippen molar-refractivity contribution in [2.24, 2.45) is 0 Å². The Morgan fingerprint density at radius 3 is 1.30 bits per heavy atom. The fraction of sp³-hybridized carbons (Fsp3) is 0. The number of fused-ring (bicyclic) bond motifs is 3. The van der Waals surface area contributed by atoms with Gasteiger partial charge in [-0.05, 0) is 32.5 Å². The normalized spacial score (nSPS) is 11.0. The first-order valence-electron chi connectivity index (χ1n) is 6.25. The Labute approximate surface area is 116 Å². The molecule has 20 heavy (non-hydrogen) atoms. The lowest BCUT2D eigenvalue weighted by molar-refractivity contribution is 0.424. The molecule has 3 aromatic carbocycles. The highest BCUT2D eigenvalue weighted by Crippen LogP contribution is 2.24. The zero-order chi connectivity index (χ0) is 14.3. The summed E-state index contributed by atoms with van der Waals surface area (Å²) in [5.41, 5.74) is 0.888. The van der Waals surface area contributed by atoms with Crippen molar-refractivity contribution in [1.29, 1.82) is 0 Å². The fourth-order valence-corrected chi connectivity index (χ4v) is 2.43. The molecule has 98 valence electrons. The highest BCUT2D eigenvalue weighted by molar-refractivity contribution is 6.59. The van der Waals surface area contributed by atoms with Crippen LogP contribution < -0.4 is 10.9 Å². The molecule has 6 heteroatoms. The van der Waals surface area contributed by atoms with E-state index < -0.39 is 14.2 Å². The number of rotatable bonds is 2. The highest BCUT2D eigenvalue weighted by Gasteiger charge is 2.13. The van der Waals surface area contributed by atoms with Gasteiger partial charge in [-0.2, -0.15) is 0 Å². The molecule has 0 spiro atoms. The van der Waals surface area contributed by atoms with E-state index in [0.717, 1.165) is 21.5 Å². The summed E-state index contributed by atoms with van der Waals surface area (Å²) in [5, 5.41) is 40.5. The van der Waals surface area contributed by atoms with Crippen molar-refractivity contribution in [3.8, 4) is 0 Å². The zero-order valence-electron chi connectivity index (χ0n) is 10.6. The van der Waals surface area contributed by atoms with Crippen LogP contribution in [-0.4, -0.2) is 34.3 Å². The summed E-state index contributed by atoms with van der Waals surface area (Å²) in [6.45, 7) is 0. The van der Waals surface area contributed by atoms with Crippen LogP contribution in [0.15, 0.2) is 48.5 Å². The molecule has 0 bridgehead atoms. The summed E-state index contributed by atoms with van der Waals surface area (Å²) < 4.78 is 0. The Hall–Kier alpha value is -1.85. The third-order valence-corrected chi connectivity index (χ3v) is 3.48. The SMILES string of the molecule is OB(O)c1ccc2c(ccc3cc(B(O)O)ccc32)c1. The first-order valence-corrected chi connectivity index (χ1v) is 6.25. The van der Waals surface area contributed by atoms with Crippen LogP contribution in [0.1, 0.15) is 0 Å². The number of hydrogen-bond acceptors (Lipinski definition) is 4. The van der Waals surface area contributed by atoms with E-state index in [0.29, 0.717) is 10.9 Å². The van der Waals surface area contributed by atoms with Crippen LogP contribution in [0.3, 0.4) is 0 Å². The molecule has 0 aliphatic rings. The van der Waals surface area contributed by atoms with Gasteiger partial charge in [-0.25, -0.2) is 0 Å². The average molecular weight is 266 g/mol. The molecule has 4 nitrogen and oxygen atoms in total. The topological polar surface area (TPSA) is 80.9 Å². The summed E-state index contributed by atoms with van der Waals surface area (Å²) in [6, 6.07) is 14.2. The van der Waals surface area contributed by atoms with E-state index >= 15 is 0 Å². The Bertz CT molecular complexity index is 720. The first-order chi connectivity index (χ1) is 9.56. The molecule has 0 aliphatic carbocycles. The van der Waals surface area contributed by atoms with E-state index in [2.05, 4.69) is 0 Å². The van der Waals surface area contributed by atoms with Gasteiger partial charge in [0.05, 0.1) is 0 Å². The van der Waals surface area contributed by atoms with Gasteiger partial charge in [0.15, 0.2) is 0 Å². The minimum atomic E-state index is -1.48. The molecular weight excluding hydrogens is 254 g/mol. The van der Waals surface area contributed by atoms with E-state index in [1.54, 1.807) is 24.3 Å².